The van der Waals surface area contributed by atoms with Gasteiger partial charge in [0.2, 0.25) is 12.7 Å². The molecule has 35 heavy (non-hydrogen) atoms. The van der Waals surface area contributed by atoms with E-state index in [2.05, 4.69) is 15.6 Å². The van der Waals surface area contributed by atoms with E-state index in [1.807, 2.05) is 6.07 Å². The molecule has 0 spiro atoms. The van der Waals surface area contributed by atoms with Crippen molar-refractivity contribution in [2.24, 2.45) is 0 Å². The number of ether oxygens (including phenoxy) is 2. The normalized spacial score (nSPS) is 17.3. The Labute approximate surface area is 202 Å². The van der Waals surface area contributed by atoms with Crippen molar-refractivity contribution in [2.45, 2.75) is 18.5 Å². The summed E-state index contributed by atoms with van der Waals surface area (Å²) >= 11 is 0.929. The molecule has 2 aliphatic heterocycles. The lowest BCUT2D eigenvalue weighted by atomic mass is 10.0. The van der Waals surface area contributed by atoms with E-state index < -0.39 is 35.9 Å². The maximum atomic E-state index is 13.4. The van der Waals surface area contributed by atoms with E-state index in [4.69, 9.17) is 14.6 Å². The molecule has 178 valence electrons. The van der Waals surface area contributed by atoms with Crippen LogP contribution >= 0.6 is 11.3 Å². The number of anilines is 1. The summed E-state index contributed by atoms with van der Waals surface area (Å²) in [6.45, 7) is 0.0650. The Bertz CT molecular complexity index is 1330. The fourth-order valence-electron chi connectivity index (χ4n) is 3.86. The SMILES string of the molecule is O=C(O)c1csc(NC(=O)C(Cc2ccccc2)N2C(=O)NC(c3ccc4c(c3)OCO4)C2=O)n1. The van der Waals surface area contributed by atoms with Crippen LogP contribution in [0.3, 0.4) is 0 Å². The number of carbonyl (C=O) groups is 4. The highest BCUT2D eigenvalue weighted by Gasteiger charge is 2.45. The molecule has 2 unspecified atom stereocenters. The summed E-state index contributed by atoms with van der Waals surface area (Å²) in [6, 6.07) is 10.9. The van der Waals surface area contributed by atoms with Gasteiger partial charge in [-0.3, -0.25) is 9.59 Å². The zero-order valence-corrected chi connectivity index (χ0v) is 18.8. The van der Waals surface area contributed by atoms with Gasteiger partial charge in [0, 0.05) is 11.8 Å². The number of fused-ring (bicyclic) bond motifs is 1. The largest absolute Gasteiger partial charge is 0.476 e. The molecule has 4 amide bonds. The van der Waals surface area contributed by atoms with Crippen LogP contribution < -0.4 is 20.1 Å². The van der Waals surface area contributed by atoms with Crippen molar-refractivity contribution in [3.05, 3.63) is 70.7 Å². The zero-order valence-electron chi connectivity index (χ0n) is 18.0. The molecular formula is C23H18N4O7S. The molecule has 11 nitrogen and oxygen atoms in total. The first kappa shape index (κ1) is 22.3. The van der Waals surface area contributed by atoms with Gasteiger partial charge in [0.1, 0.15) is 12.1 Å². The van der Waals surface area contributed by atoms with Crippen LogP contribution in [-0.2, 0) is 16.0 Å². The first-order chi connectivity index (χ1) is 16.9. The third-order valence-corrected chi connectivity index (χ3v) is 6.30. The Hall–Kier alpha value is -4.45. The molecule has 1 saturated heterocycles. The molecule has 5 rings (SSSR count). The zero-order chi connectivity index (χ0) is 24.5. The van der Waals surface area contributed by atoms with Gasteiger partial charge < -0.3 is 25.2 Å². The van der Waals surface area contributed by atoms with Crippen LogP contribution in [0.1, 0.15) is 27.7 Å². The molecule has 3 N–H and O–H groups in total. The number of amides is 4. The summed E-state index contributed by atoms with van der Waals surface area (Å²) in [4.78, 5) is 55.5. The van der Waals surface area contributed by atoms with Crippen LogP contribution in [0.5, 0.6) is 11.5 Å². The molecule has 2 atom stereocenters. The molecule has 12 heteroatoms. The minimum absolute atomic E-state index is 0.0461. The summed E-state index contributed by atoms with van der Waals surface area (Å²) in [5, 5.41) is 15.6. The van der Waals surface area contributed by atoms with E-state index in [1.165, 1.54) is 5.38 Å². The van der Waals surface area contributed by atoms with E-state index >= 15 is 0 Å². The predicted molar refractivity (Wildman–Crippen MR) is 122 cm³/mol. The average Bonchev–Trinajstić information content (AvgIpc) is 3.57. The van der Waals surface area contributed by atoms with Gasteiger partial charge in [0.05, 0.1) is 0 Å². The molecular weight excluding hydrogens is 476 g/mol. The van der Waals surface area contributed by atoms with Crippen molar-refractivity contribution in [3.63, 3.8) is 0 Å². The second-order valence-corrected chi connectivity index (χ2v) is 8.60. The molecule has 1 aromatic heterocycles. The Balaban J connectivity index is 1.43. The quantitative estimate of drug-likeness (QED) is 0.424. The van der Waals surface area contributed by atoms with Crippen molar-refractivity contribution in [3.8, 4) is 11.5 Å². The third-order valence-electron chi connectivity index (χ3n) is 5.54. The molecule has 0 aliphatic carbocycles. The van der Waals surface area contributed by atoms with Crippen LogP contribution in [0.2, 0.25) is 0 Å². The van der Waals surface area contributed by atoms with Crippen LogP contribution in [0.25, 0.3) is 0 Å². The van der Waals surface area contributed by atoms with Crippen LogP contribution in [0.4, 0.5) is 9.93 Å². The maximum absolute atomic E-state index is 13.4. The number of imide groups is 1. The number of benzene rings is 2. The molecule has 0 bridgehead atoms. The van der Waals surface area contributed by atoms with Crippen molar-refractivity contribution < 1.29 is 33.8 Å². The van der Waals surface area contributed by atoms with Gasteiger partial charge >= 0.3 is 12.0 Å². The smallest absolute Gasteiger partial charge is 0.355 e. The molecule has 3 heterocycles. The number of aromatic nitrogens is 1. The lowest BCUT2D eigenvalue weighted by Crippen LogP contribution is -2.49. The van der Waals surface area contributed by atoms with Crippen LogP contribution in [0.15, 0.2) is 53.9 Å². The number of thiazole rings is 1. The second-order valence-electron chi connectivity index (χ2n) is 7.74. The van der Waals surface area contributed by atoms with Crippen molar-refractivity contribution in [1.29, 1.82) is 0 Å². The molecule has 3 aromatic rings. The molecule has 2 aromatic carbocycles. The van der Waals surface area contributed by atoms with Gasteiger partial charge in [0.25, 0.3) is 5.91 Å². The number of hydrogen-bond donors (Lipinski definition) is 3. The third kappa shape index (κ3) is 4.38. The summed E-state index contributed by atoms with van der Waals surface area (Å²) in [6.07, 6.45) is 0.0524. The first-order valence-electron chi connectivity index (χ1n) is 10.5. The van der Waals surface area contributed by atoms with Crippen molar-refractivity contribution >= 4 is 40.3 Å². The fourth-order valence-corrected chi connectivity index (χ4v) is 4.55. The van der Waals surface area contributed by atoms with Crippen LogP contribution in [-0.4, -0.2) is 51.6 Å². The number of urea groups is 1. The first-order valence-corrected chi connectivity index (χ1v) is 11.4. The Morgan fingerprint density at radius 3 is 2.69 bits per heavy atom. The van der Waals surface area contributed by atoms with Crippen LogP contribution in [0, 0.1) is 0 Å². The number of nitrogens with one attached hydrogen (secondary N) is 2. The molecule has 0 radical (unpaired) electrons. The Morgan fingerprint density at radius 1 is 1.17 bits per heavy atom. The van der Waals surface area contributed by atoms with E-state index in [1.54, 1.807) is 42.5 Å². The van der Waals surface area contributed by atoms with E-state index in [9.17, 15) is 19.2 Å². The minimum atomic E-state index is -1.23. The summed E-state index contributed by atoms with van der Waals surface area (Å²) in [5.41, 5.74) is 0.993. The highest BCUT2D eigenvalue weighted by atomic mass is 32.1. The van der Waals surface area contributed by atoms with Gasteiger partial charge in [-0.1, -0.05) is 36.4 Å². The van der Waals surface area contributed by atoms with E-state index in [0.717, 1.165) is 21.8 Å². The highest BCUT2D eigenvalue weighted by Crippen LogP contribution is 2.36. The van der Waals surface area contributed by atoms with Gasteiger partial charge in [-0.05, 0) is 23.3 Å². The predicted octanol–water partition coefficient (Wildman–Crippen LogP) is 2.41. The highest BCUT2D eigenvalue weighted by molar-refractivity contribution is 7.14. The lowest BCUT2D eigenvalue weighted by molar-refractivity contribution is -0.134. The molecule has 2 aliphatic rings. The summed E-state index contributed by atoms with van der Waals surface area (Å²) in [7, 11) is 0. The number of carboxylic acid groups (broad SMARTS) is 1. The van der Waals surface area contributed by atoms with Crippen molar-refractivity contribution in [2.75, 3.05) is 12.1 Å². The number of carboxylic acids is 1. The topological polar surface area (TPSA) is 147 Å². The number of aromatic carboxylic acids is 1. The monoisotopic (exact) mass is 494 g/mol. The van der Waals surface area contributed by atoms with Crippen molar-refractivity contribution in [1.82, 2.24) is 15.2 Å². The average molecular weight is 494 g/mol. The number of hydrogen-bond acceptors (Lipinski definition) is 8. The number of nitrogens with zero attached hydrogens (tertiary/aromatic N) is 2. The van der Waals surface area contributed by atoms with E-state index in [-0.39, 0.29) is 24.0 Å². The standard InChI is InChI=1S/C23H18N4O7S/c28-19(26-22-24-14(10-35-22)21(30)31)15(8-12-4-2-1-3-5-12)27-20(29)18(25-23(27)32)13-6-7-16-17(9-13)34-11-33-16/h1-7,9-10,15,18H,8,11H2,(H,25,32)(H,30,31)(H,24,26,28). The second kappa shape index (κ2) is 9.06. The molecule has 0 saturated carbocycles. The Morgan fingerprint density at radius 2 is 1.94 bits per heavy atom. The maximum Gasteiger partial charge on any atom is 0.355 e. The summed E-state index contributed by atoms with van der Waals surface area (Å²) in [5.74, 6) is -1.51. The summed E-state index contributed by atoms with van der Waals surface area (Å²) < 4.78 is 10.7. The van der Waals surface area contributed by atoms with Gasteiger partial charge in [0.15, 0.2) is 22.3 Å². The van der Waals surface area contributed by atoms with Gasteiger partial charge in [-0.2, -0.15) is 0 Å². The Kier molecular flexibility index (Phi) is 5.79. The number of rotatable bonds is 7. The van der Waals surface area contributed by atoms with Gasteiger partial charge in [-0.25, -0.2) is 19.5 Å². The van der Waals surface area contributed by atoms with E-state index in [0.29, 0.717) is 17.1 Å². The molecule has 1 fully saturated rings. The van der Waals surface area contributed by atoms with Gasteiger partial charge in [-0.15, -0.1) is 11.3 Å². The number of carbonyl (C=O) groups excluding carboxylic acids is 3. The lowest BCUT2D eigenvalue weighted by Gasteiger charge is -2.24. The minimum Gasteiger partial charge on any atom is -0.476 e. The fraction of sp³-hybridized carbons (Fsp3) is 0.174.